The zero-order chi connectivity index (χ0) is 6.70. The molecule has 0 aromatic rings. The third-order valence-electron chi connectivity index (χ3n) is 3.02. The van der Waals surface area contributed by atoms with Crippen LogP contribution in [0.2, 0.25) is 0 Å². The van der Waals surface area contributed by atoms with Crippen molar-refractivity contribution in [2.75, 3.05) is 6.26 Å². The molecule has 1 spiro atoms. The Morgan fingerprint density at radius 1 is 1.67 bits per heavy atom. The smallest absolute Gasteiger partial charge is 0.0197 e. The molecule has 1 aliphatic carbocycles. The Bertz CT molecular complexity index is 143. The molecule has 0 amide bonds. The Kier molecular flexibility index (Phi) is 1.05. The lowest BCUT2D eigenvalue weighted by molar-refractivity contribution is 0.862. The summed E-state index contributed by atoms with van der Waals surface area (Å²) in [5.74, 6) is 0. The van der Waals surface area contributed by atoms with Gasteiger partial charge in [0.05, 0.1) is 0 Å². The van der Waals surface area contributed by atoms with Gasteiger partial charge in [-0.15, -0.1) is 11.7 Å². The molecule has 1 saturated carbocycles. The Balaban J connectivity index is 2.16. The Morgan fingerprint density at radius 2 is 2.22 bits per heavy atom. The zero-order valence-electron chi connectivity index (χ0n) is 6.05. The van der Waals surface area contributed by atoms with Gasteiger partial charge < -0.3 is 0 Å². The largest absolute Gasteiger partial charge is 0.187 e. The predicted octanol–water partition coefficient (Wildman–Crippen LogP) is 2.59. The van der Waals surface area contributed by atoms with Gasteiger partial charge in [-0.05, 0) is 25.5 Å². The molecule has 0 aromatic carbocycles. The van der Waals surface area contributed by atoms with Gasteiger partial charge in [-0.25, -0.2) is 0 Å². The summed E-state index contributed by atoms with van der Waals surface area (Å²) in [5.41, 5.74) is 0. The summed E-state index contributed by atoms with van der Waals surface area (Å²) >= 11 is 4.74. The van der Waals surface area contributed by atoms with Crippen LogP contribution in [0.15, 0.2) is 0 Å². The number of hydrogen-bond donors (Lipinski definition) is 1. The van der Waals surface area contributed by atoms with Crippen LogP contribution in [0, 0.1) is 0 Å². The van der Waals surface area contributed by atoms with E-state index in [1.54, 1.807) is 0 Å². The van der Waals surface area contributed by atoms with Crippen LogP contribution in [-0.4, -0.2) is 16.3 Å². The first kappa shape index (κ1) is 6.41. The van der Waals surface area contributed by atoms with Crippen molar-refractivity contribution < 1.29 is 0 Å². The van der Waals surface area contributed by atoms with Gasteiger partial charge in [0.15, 0.2) is 0 Å². The Morgan fingerprint density at radius 3 is 2.33 bits per heavy atom. The molecule has 1 aliphatic heterocycles. The summed E-state index contributed by atoms with van der Waals surface area (Å²) in [6.45, 7) is 2.30. The second kappa shape index (κ2) is 1.48. The molecule has 0 nitrogen and oxygen atoms in total. The van der Waals surface area contributed by atoms with E-state index in [0.29, 0.717) is 0 Å². The van der Waals surface area contributed by atoms with Crippen molar-refractivity contribution >= 4 is 20.7 Å². The van der Waals surface area contributed by atoms with Gasteiger partial charge >= 0.3 is 0 Å². The van der Waals surface area contributed by atoms with Crippen LogP contribution in [0.1, 0.15) is 26.2 Å². The lowest BCUT2D eigenvalue weighted by Crippen LogP contribution is -1.87. The fraction of sp³-hybridized carbons (Fsp3) is 1.00. The molecule has 0 N–H and O–H groups in total. The van der Waals surface area contributed by atoms with Gasteiger partial charge in [-0.2, -0.15) is 9.06 Å². The maximum Gasteiger partial charge on any atom is 0.0197 e. The van der Waals surface area contributed by atoms with E-state index < -0.39 is 0 Å². The second-order valence-corrected chi connectivity index (χ2v) is 8.93. The van der Waals surface area contributed by atoms with Gasteiger partial charge in [0.2, 0.25) is 0 Å². The molecule has 2 aliphatic rings. The van der Waals surface area contributed by atoms with Crippen LogP contribution >= 0.6 is 20.7 Å². The molecular formula is C7H14S2. The van der Waals surface area contributed by atoms with Crippen LogP contribution in [0.4, 0.5) is 0 Å². The van der Waals surface area contributed by atoms with Crippen LogP contribution < -0.4 is 0 Å². The summed E-state index contributed by atoms with van der Waals surface area (Å²) in [5, 5.41) is 1.02. The highest BCUT2D eigenvalue weighted by atomic mass is 33.1. The minimum Gasteiger partial charge on any atom is -0.187 e. The fourth-order valence-corrected chi connectivity index (χ4v) is 8.05. The third kappa shape index (κ3) is 0.548. The molecule has 0 aromatic heterocycles. The molecule has 2 heteroatoms. The third-order valence-corrected chi connectivity index (χ3v) is 8.85. The number of thiol groups is 1. The first-order valence-corrected chi connectivity index (χ1v) is 6.80. The molecule has 2 unspecified atom stereocenters. The lowest BCUT2D eigenvalue weighted by Gasteiger charge is -2.04. The summed E-state index contributed by atoms with van der Waals surface area (Å²) in [6.07, 6.45) is 6.73. The van der Waals surface area contributed by atoms with Crippen LogP contribution in [0.25, 0.3) is 0 Å². The fourth-order valence-electron chi connectivity index (χ4n) is 2.24. The highest BCUT2D eigenvalue weighted by Crippen LogP contribution is 2.93. The molecule has 2 rings (SSSR count). The van der Waals surface area contributed by atoms with E-state index in [2.05, 4.69) is 13.2 Å². The molecule has 2 atom stereocenters. The van der Waals surface area contributed by atoms with Crippen LogP contribution in [-0.2, 0) is 0 Å². The first-order valence-electron chi connectivity index (χ1n) is 3.64. The van der Waals surface area contributed by atoms with E-state index in [0.717, 1.165) is 10.00 Å². The average molecular weight is 162 g/mol. The van der Waals surface area contributed by atoms with E-state index >= 15 is 0 Å². The van der Waals surface area contributed by atoms with Crippen molar-refractivity contribution in [1.29, 1.82) is 0 Å². The minimum absolute atomic E-state index is 0.380. The first-order chi connectivity index (χ1) is 4.15. The molecule has 0 bridgehead atoms. The Labute approximate surface area is 63.5 Å². The monoisotopic (exact) mass is 162 g/mol. The molecule has 9 heavy (non-hydrogen) atoms. The van der Waals surface area contributed by atoms with Crippen molar-refractivity contribution in [3.8, 4) is 0 Å². The topological polar surface area (TPSA) is 0 Å². The van der Waals surface area contributed by atoms with E-state index in [1.807, 2.05) is 0 Å². The molecule has 1 saturated heterocycles. The van der Waals surface area contributed by atoms with Gasteiger partial charge in [0.1, 0.15) is 0 Å². The number of hydrogen-bond acceptors (Lipinski definition) is 1. The lowest BCUT2D eigenvalue weighted by atomic mass is 10.2. The zero-order valence-corrected chi connectivity index (χ0v) is 7.77. The average Bonchev–Trinajstić information content (AvgIpc) is 2.54. The molecule has 2 fully saturated rings. The van der Waals surface area contributed by atoms with Crippen molar-refractivity contribution in [2.24, 2.45) is 0 Å². The summed E-state index contributed by atoms with van der Waals surface area (Å²) in [7, 11) is -0.380. The van der Waals surface area contributed by atoms with Crippen LogP contribution in [0.3, 0.4) is 0 Å². The van der Waals surface area contributed by atoms with Gasteiger partial charge in [-0.1, -0.05) is 6.92 Å². The van der Waals surface area contributed by atoms with Gasteiger partial charge in [0.25, 0.3) is 0 Å². The summed E-state index contributed by atoms with van der Waals surface area (Å²) < 4.78 is 0.810. The second-order valence-electron chi connectivity index (χ2n) is 3.40. The van der Waals surface area contributed by atoms with Crippen molar-refractivity contribution in [3.63, 3.8) is 0 Å². The summed E-state index contributed by atoms with van der Waals surface area (Å²) in [6, 6.07) is 0. The molecule has 54 valence electrons. The van der Waals surface area contributed by atoms with E-state index in [1.165, 1.54) is 19.3 Å². The maximum absolute atomic E-state index is 4.74. The van der Waals surface area contributed by atoms with Crippen molar-refractivity contribution in [2.45, 2.75) is 36.2 Å². The van der Waals surface area contributed by atoms with Gasteiger partial charge in [-0.3, -0.25) is 0 Å². The molecule has 0 radical (unpaired) electrons. The highest BCUT2D eigenvalue weighted by Gasteiger charge is 2.74. The van der Waals surface area contributed by atoms with E-state index in [4.69, 9.17) is 11.7 Å². The van der Waals surface area contributed by atoms with Crippen molar-refractivity contribution in [1.82, 2.24) is 0 Å². The normalized spacial score (nSPS) is 58.8. The molecular weight excluding hydrogens is 148 g/mol. The van der Waals surface area contributed by atoms with E-state index in [9.17, 15) is 0 Å². The van der Waals surface area contributed by atoms with E-state index in [-0.39, 0.29) is 9.06 Å². The maximum atomic E-state index is 4.74. The van der Waals surface area contributed by atoms with Crippen LogP contribution in [0.5, 0.6) is 0 Å². The Hall–Kier alpha value is 0.700. The van der Waals surface area contributed by atoms with Crippen molar-refractivity contribution in [3.05, 3.63) is 0 Å². The number of rotatable bonds is 1. The standard InChI is InChI=1S/C7H14S2/c1-3-6-7(4-5-7)9(6,2)8/h6,8H,3-5H2,1-2H3. The predicted molar refractivity (Wildman–Crippen MR) is 48.5 cm³/mol. The highest BCUT2D eigenvalue weighted by molar-refractivity contribution is 8.92. The summed E-state index contributed by atoms with van der Waals surface area (Å²) in [4.78, 5) is 0. The molecule has 1 heterocycles. The minimum atomic E-state index is -0.380. The quantitative estimate of drug-likeness (QED) is 0.342. The van der Waals surface area contributed by atoms with Gasteiger partial charge in [0, 0.05) is 10.00 Å². The SMILES string of the molecule is CCC1C2(CC2)S1(C)S.